The van der Waals surface area contributed by atoms with E-state index in [1.807, 2.05) is 92.4 Å². The summed E-state index contributed by atoms with van der Waals surface area (Å²) in [5, 5.41) is 2.90. The normalized spacial score (nSPS) is 13.4. The Labute approximate surface area is 218 Å². The van der Waals surface area contributed by atoms with E-state index in [9.17, 15) is 14.4 Å². The molecule has 1 N–H and O–H groups in total. The van der Waals surface area contributed by atoms with Gasteiger partial charge in [0.15, 0.2) is 0 Å². The van der Waals surface area contributed by atoms with E-state index in [2.05, 4.69) is 10.2 Å². The van der Waals surface area contributed by atoms with Crippen LogP contribution in [0.25, 0.3) is 0 Å². The van der Waals surface area contributed by atoms with Gasteiger partial charge in [0, 0.05) is 54.7 Å². The fourth-order valence-electron chi connectivity index (χ4n) is 4.39. The zero-order valence-corrected chi connectivity index (χ0v) is 21.7. The summed E-state index contributed by atoms with van der Waals surface area (Å²) in [6.07, 6.45) is 0. The van der Waals surface area contributed by atoms with E-state index in [4.69, 9.17) is 0 Å². The zero-order chi connectivity index (χ0) is 26.4. The lowest BCUT2D eigenvalue weighted by Crippen LogP contribution is -2.48. The molecular weight excluding hydrogens is 464 g/mol. The molecule has 0 radical (unpaired) electrons. The fraction of sp³-hybridized carbons (Fsp3) is 0.300. The monoisotopic (exact) mass is 498 g/mol. The topological polar surface area (TPSA) is 73.0 Å². The van der Waals surface area contributed by atoms with Gasteiger partial charge in [-0.15, -0.1) is 0 Å². The molecule has 0 bridgehead atoms. The molecule has 37 heavy (non-hydrogen) atoms. The highest BCUT2D eigenvalue weighted by atomic mass is 16.2. The van der Waals surface area contributed by atoms with Gasteiger partial charge in [0.05, 0.1) is 0 Å². The number of piperazine rings is 1. The van der Waals surface area contributed by atoms with Crippen LogP contribution in [0.4, 0.5) is 11.4 Å². The number of carbonyl (C=O) groups excluding carboxylic acids is 3. The lowest BCUT2D eigenvalue weighted by molar-refractivity contribution is -0.117. The Hall–Kier alpha value is -4.13. The molecule has 0 spiro atoms. The second-order valence-corrected chi connectivity index (χ2v) is 9.63. The number of nitrogens with one attached hydrogen (secondary N) is 1. The molecule has 1 fully saturated rings. The highest BCUT2D eigenvalue weighted by Crippen LogP contribution is 2.21. The molecule has 3 amide bonds. The van der Waals surface area contributed by atoms with Crippen LogP contribution < -0.4 is 10.2 Å². The first-order valence-corrected chi connectivity index (χ1v) is 12.7. The maximum atomic E-state index is 12.9. The molecule has 1 aliphatic rings. The number of nitrogens with zero attached hydrogens (tertiary/aromatic N) is 3. The first-order valence-electron chi connectivity index (χ1n) is 12.7. The van der Waals surface area contributed by atoms with Crippen LogP contribution in [-0.4, -0.2) is 66.3 Å². The first-order chi connectivity index (χ1) is 17.8. The van der Waals surface area contributed by atoms with Crippen molar-refractivity contribution in [3.63, 3.8) is 0 Å². The van der Waals surface area contributed by atoms with Crippen LogP contribution in [0, 0.1) is 6.92 Å². The molecule has 0 saturated carbocycles. The highest BCUT2D eigenvalue weighted by molar-refractivity contribution is 5.99. The number of amides is 3. The van der Waals surface area contributed by atoms with Crippen molar-refractivity contribution in [1.29, 1.82) is 0 Å². The largest absolute Gasteiger partial charge is 0.368 e. The molecule has 0 unspecified atom stereocenters. The third-order valence-electron chi connectivity index (χ3n) is 6.60. The van der Waals surface area contributed by atoms with Gasteiger partial charge in [-0.3, -0.25) is 14.4 Å². The zero-order valence-electron chi connectivity index (χ0n) is 21.7. The van der Waals surface area contributed by atoms with Crippen molar-refractivity contribution < 1.29 is 14.4 Å². The van der Waals surface area contributed by atoms with Gasteiger partial charge in [-0.25, -0.2) is 0 Å². The summed E-state index contributed by atoms with van der Waals surface area (Å²) in [6.45, 7) is 8.59. The Morgan fingerprint density at radius 3 is 2.03 bits per heavy atom. The predicted octanol–water partition coefficient (Wildman–Crippen LogP) is 4.45. The molecule has 3 aromatic rings. The van der Waals surface area contributed by atoms with E-state index in [1.54, 1.807) is 17.0 Å². The molecular formula is C30H34N4O3. The fourth-order valence-corrected chi connectivity index (χ4v) is 4.39. The van der Waals surface area contributed by atoms with Gasteiger partial charge < -0.3 is 20.0 Å². The van der Waals surface area contributed by atoms with Crippen LogP contribution >= 0.6 is 0 Å². The Balaban J connectivity index is 1.30. The Bertz CT molecular complexity index is 1220. The van der Waals surface area contributed by atoms with Crippen LogP contribution in [0.3, 0.4) is 0 Å². The third kappa shape index (κ3) is 6.55. The van der Waals surface area contributed by atoms with Gasteiger partial charge in [0.2, 0.25) is 5.91 Å². The Morgan fingerprint density at radius 1 is 0.811 bits per heavy atom. The summed E-state index contributed by atoms with van der Waals surface area (Å²) in [6, 6.07) is 24.3. The van der Waals surface area contributed by atoms with Gasteiger partial charge in [0.25, 0.3) is 11.8 Å². The minimum Gasteiger partial charge on any atom is -0.368 e. The quantitative estimate of drug-likeness (QED) is 0.523. The summed E-state index contributed by atoms with van der Waals surface area (Å²) < 4.78 is 0. The molecule has 7 nitrogen and oxygen atoms in total. The number of aryl methyl sites for hydroxylation is 1. The molecule has 3 aromatic carbocycles. The van der Waals surface area contributed by atoms with E-state index >= 15 is 0 Å². The van der Waals surface area contributed by atoms with E-state index in [1.165, 1.54) is 0 Å². The van der Waals surface area contributed by atoms with E-state index in [0.29, 0.717) is 24.3 Å². The molecule has 1 saturated heterocycles. The highest BCUT2D eigenvalue weighted by Gasteiger charge is 2.23. The van der Waals surface area contributed by atoms with Crippen LogP contribution in [0.15, 0.2) is 78.9 Å². The molecule has 1 aliphatic heterocycles. The van der Waals surface area contributed by atoms with Gasteiger partial charge in [-0.05, 0) is 69.3 Å². The Morgan fingerprint density at radius 2 is 1.43 bits per heavy atom. The number of hydrogen-bond acceptors (Lipinski definition) is 4. The average Bonchev–Trinajstić information content (AvgIpc) is 2.92. The lowest BCUT2D eigenvalue weighted by Gasteiger charge is -2.36. The maximum Gasteiger partial charge on any atom is 0.254 e. The summed E-state index contributed by atoms with van der Waals surface area (Å²) >= 11 is 0. The number of carbonyl (C=O) groups is 3. The average molecular weight is 499 g/mol. The van der Waals surface area contributed by atoms with Crippen molar-refractivity contribution in [2.75, 3.05) is 42.9 Å². The minimum absolute atomic E-state index is 0.0237. The second-order valence-electron chi connectivity index (χ2n) is 9.63. The van der Waals surface area contributed by atoms with E-state index in [0.717, 1.165) is 29.9 Å². The molecule has 7 heteroatoms. The standard InChI is InChI=1S/C30H34N4O3/c1-22(2)34(30(37)24-7-5-4-6-8-24)21-28(35)31-26-13-15-27(16-14-26)32-17-19-33(20-18-32)29(36)25-11-9-23(3)10-12-25/h4-16,22H,17-21H2,1-3H3,(H,31,35). The molecule has 4 rings (SSSR count). The summed E-state index contributed by atoms with van der Waals surface area (Å²) in [7, 11) is 0. The van der Waals surface area contributed by atoms with Crippen LogP contribution in [-0.2, 0) is 4.79 Å². The lowest BCUT2D eigenvalue weighted by atomic mass is 10.1. The van der Waals surface area contributed by atoms with Crippen LogP contribution in [0.5, 0.6) is 0 Å². The number of rotatable bonds is 7. The van der Waals surface area contributed by atoms with Crippen molar-refractivity contribution in [3.05, 3.63) is 95.6 Å². The minimum atomic E-state index is -0.242. The summed E-state index contributed by atoms with van der Waals surface area (Å²) in [5.74, 6) is -0.339. The SMILES string of the molecule is Cc1ccc(C(=O)N2CCN(c3ccc(NC(=O)CN(C(=O)c4ccccc4)C(C)C)cc3)CC2)cc1. The van der Waals surface area contributed by atoms with Gasteiger partial charge >= 0.3 is 0 Å². The van der Waals surface area contributed by atoms with Crippen molar-refractivity contribution >= 4 is 29.1 Å². The Kier molecular flexibility index (Phi) is 8.23. The van der Waals surface area contributed by atoms with Crippen molar-refractivity contribution in [2.45, 2.75) is 26.8 Å². The number of benzene rings is 3. The molecule has 1 heterocycles. The van der Waals surface area contributed by atoms with E-state index in [-0.39, 0.29) is 30.3 Å². The third-order valence-corrected chi connectivity index (χ3v) is 6.60. The molecule has 0 aromatic heterocycles. The maximum absolute atomic E-state index is 12.9. The summed E-state index contributed by atoms with van der Waals surface area (Å²) in [5.41, 5.74) is 4.15. The van der Waals surface area contributed by atoms with E-state index < -0.39 is 0 Å². The van der Waals surface area contributed by atoms with Gasteiger partial charge in [-0.2, -0.15) is 0 Å². The van der Waals surface area contributed by atoms with Crippen molar-refractivity contribution in [1.82, 2.24) is 9.80 Å². The molecule has 0 atom stereocenters. The van der Waals surface area contributed by atoms with Crippen LogP contribution in [0.1, 0.15) is 40.1 Å². The van der Waals surface area contributed by atoms with Crippen molar-refractivity contribution in [2.24, 2.45) is 0 Å². The predicted molar refractivity (Wildman–Crippen MR) is 147 cm³/mol. The number of hydrogen-bond donors (Lipinski definition) is 1. The molecule has 0 aliphatic carbocycles. The van der Waals surface area contributed by atoms with Gasteiger partial charge in [0.1, 0.15) is 6.54 Å². The summed E-state index contributed by atoms with van der Waals surface area (Å²) in [4.78, 5) is 44.1. The van der Waals surface area contributed by atoms with Gasteiger partial charge in [-0.1, -0.05) is 35.9 Å². The number of anilines is 2. The first kappa shape index (κ1) is 25.9. The second kappa shape index (κ2) is 11.7. The van der Waals surface area contributed by atoms with Crippen LogP contribution in [0.2, 0.25) is 0 Å². The smallest absolute Gasteiger partial charge is 0.254 e. The van der Waals surface area contributed by atoms with Crippen molar-refractivity contribution in [3.8, 4) is 0 Å². The molecule has 192 valence electrons.